The number of hydrogen-bond acceptors (Lipinski definition) is 2. The molecule has 0 aliphatic carbocycles. The van der Waals surface area contributed by atoms with Crippen LogP contribution in [-0.4, -0.2) is 18.2 Å². The first-order valence-electron chi connectivity index (χ1n) is 5.71. The molecule has 0 saturated heterocycles. The van der Waals surface area contributed by atoms with Crippen LogP contribution >= 0.6 is 0 Å². The van der Waals surface area contributed by atoms with Gasteiger partial charge in [0.2, 0.25) is 0 Å². The molecule has 0 heterocycles. The second-order valence-corrected chi connectivity index (χ2v) is 4.13. The van der Waals surface area contributed by atoms with E-state index in [1.54, 1.807) is 31.2 Å². The average molecular weight is 260 g/mol. The minimum absolute atomic E-state index is 0.0908. The lowest BCUT2D eigenvalue weighted by molar-refractivity contribution is 0.0697. The van der Waals surface area contributed by atoms with Crippen LogP contribution in [0.25, 0.3) is 11.1 Å². The average Bonchev–Trinajstić information content (AvgIpc) is 2.41. The molecule has 0 aliphatic rings. The summed E-state index contributed by atoms with van der Waals surface area (Å²) in [6.45, 7) is 1.63. The topological polar surface area (TPSA) is 46.5 Å². The van der Waals surface area contributed by atoms with Crippen LogP contribution in [0.5, 0.6) is 5.75 Å². The van der Waals surface area contributed by atoms with Gasteiger partial charge in [0, 0.05) is 0 Å². The number of rotatable bonds is 3. The van der Waals surface area contributed by atoms with E-state index < -0.39 is 5.97 Å². The third-order valence-corrected chi connectivity index (χ3v) is 3.02. The van der Waals surface area contributed by atoms with Crippen molar-refractivity contribution in [1.29, 1.82) is 0 Å². The Labute approximate surface area is 110 Å². The first-order valence-corrected chi connectivity index (χ1v) is 5.71. The number of methoxy groups -OCH3 is 1. The van der Waals surface area contributed by atoms with E-state index in [0.717, 1.165) is 0 Å². The molecule has 0 unspecified atom stereocenters. The van der Waals surface area contributed by atoms with Crippen molar-refractivity contribution in [2.75, 3.05) is 7.11 Å². The number of ether oxygens (including phenoxy) is 1. The summed E-state index contributed by atoms with van der Waals surface area (Å²) < 4.78 is 18.6. The summed E-state index contributed by atoms with van der Waals surface area (Å²) in [5.41, 5.74) is 1.56. The maximum Gasteiger partial charge on any atom is 0.336 e. The number of carboxylic acid groups (broad SMARTS) is 1. The second-order valence-electron chi connectivity index (χ2n) is 4.13. The summed E-state index contributed by atoms with van der Waals surface area (Å²) in [6, 6.07) is 9.33. The van der Waals surface area contributed by atoms with E-state index in [9.17, 15) is 14.3 Å². The lowest BCUT2D eigenvalue weighted by Crippen LogP contribution is -2.01. The number of carbonyl (C=O) groups is 1. The van der Waals surface area contributed by atoms with Gasteiger partial charge >= 0.3 is 5.97 Å². The largest absolute Gasteiger partial charge is 0.497 e. The van der Waals surface area contributed by atoms with Crippen molar-refractivity contribution in [2.24, 2.45) is 0 Å². The van der Waals surface area contributed by atoms with Gasteiger partial charge in [0.15, 0.2) is 0 Å². The van der Waals surface area contributed by atoms with Gasteiger partial charge in [-0.25, -0.2) is 9.18 Å². The van der Waals surface area contributed by atoms with Gasteiger partial charge in [-0.3, -0.25) is 0 Å². The zero-order chi connectivity index (χ0) is 14.0. The number of aromatic carboxylic acids is 1. The predicted octanol–water partition coefficient (Wildman–Crippen LogP) is 3.51. The summed E-state index contributed by atoms with van der Waals surface area (Å²) in [4.78, 5) is 11.3. The van der Waals surface area contributed by atoms with Crippen LogP contribution in [-0.2, 0) is 0 Å². The predicted molar refractivity (Wildman–Crippen MR) is 70.1 cm³/mol. The normalized spacial score (nSPS) is 10.3. The van der Waals surface area contributed by atoms with Crippen molar-refractivity contribution in [1.82, 2.24) is 0 Å². The van der Waals surface area contributed by atoms with Crippen LogP contribution in [0, 0.1) is 12.7 Å². The molecule has 0 atom stereocenters. The molecule has 3 nitrogen and oxygen atoms in total. The highest BCUT2D eigenvalue weighted by Crippen LogP contribution is 2.30. The highest BCUT2D eigenvalue weighted by atomic mass is 19.1. The van der Waals surface area contributed by atoms with Crippen molar-refractivity contribution >= 4 is 5.97 Å². The molecular weight excluding hydrogens is 247 g/mol. The Hall–Kier alpha value is -2.36. The molecule has 4 heteroatoms. The van der Waals surface area contributed by atoms with Crippen molar-refractivity contribution < 1.29 is 19.0 Å². The van der Waals surface area contributed by atoms with E-state index in [1.165, 1.54) is 19.2 Å². The Morgan fingerprint density at radius 1 is 1.21 bits per heavy atom. The quantitative estimate of drug-likeness (QED) is 0.918. The molecule has 0 aliphatic heterocycles. The highest BCUT2D eigenvalue weighted by Gasteiger charge is 2.15. The van der Waals surface area contributed by atoms with E-state index in [0.29, 0.717) is 22.4 Å². The number of carboxylic acids is 1. The fourth-order valence-electron chi connectivity index (χ4n) is 1.96. The lowest BCUT2D eigenvalue weighted by Gasteiger charge is -2.11. The number of halogens is 1. The zero-order valence-electron chi connectivity index (χ0n) is 10.6. The van der Waals surface area contributed by atoms with Crippen LogP contribution < -0.4 is 4.74 Å². The zero-order valence-corrected chi connectivity index (χ0v) is 10.6. The first kappa shape index (κ1) is 13.1. The molecule has 19 heavy (non-hydrogen) atoms. The van der Waals surface area contributed by atoms with E-state index in [-0.39, 0.29) is 11.4 Å². The molecule has 2 aromatic carbocycles. The SMILES string of the molecule is COc1ccc(-c2cccc(F)c2C)c(C(=O)O)c1. The summed E-state index contributed by atoms with van der Waals surface area (Å²) in [6.07, 6.45) is 0. The molecule has 2 rings (SSSR count). The maximum absolute atomic E-state index is 13.6. The van der Waals surface area contributed by atoms with E-state index in [4.69, 9.17) is 4.74 Å². The molecule has 0 fully saturated rings. The molecule has 98 valence electrons. The Balaban J connectivity index is 2.68. The molecule has 1 N–H and O–H groups in total. The van der Waals surface area contributed by atoms with E-state index in [1.807, 2.05) is 0 Å². The van der Waals surface area contributed by atoms with Gasteiger partial charge in [-0.05, 0) is 47.9 Å². The standard InChI is InChI=1S/C15H13FO3/c1-9-11(4-3-5-14(9)16)12-7-6-10(19-2)8-13(12)15(17)18/h3-8H,1-2H3,(H,17,18). The summed E-state index contributed by atoms with van der Waals surface area (Å²) in [5.74, 6) is -0.975. The third-order valence-electron chi connectivity index (χ3n) is 3.02. The fraction of sp³-hybridized carbons (Fsp3) is 0.133. The van der Waals surface area contributed by atoms with Crippen molar-refractivity contribution in [2.45, 2.75) is 6.92 Å². The van der Waals surface area contributed by atoms with Gasteiger partial charge in [0.05, 0.1) is 12.7 Å². The molecule has 0 bridgehead atoms. The van der Waals surface area contributed by atoms with Crippen molar-refractivity contribution in [3.05, 3.63) is 53.3 Å². The van der Waals surface area contributed by atoms with Gasteiger partial charge in [-0.1, -0.05) is 12.1 Å². The van der Waals surface area contributed by atoms with E-state index >= 15 is 0 Å². The fourth-order valence-corrected chi connectivity index (χ4v) is 1.96. The minimum Gasteiger partial charge on any atom is -0.497 e. The molecule has 0 spiro atoms. The molecule has 0 saturated carbocycles. The Morgan fingerprint density at radius 2 is 1.95 bits per heavy atom. The Bertz CT molecular complexity index is 635. The van der Waals surface area contributed by atoms with Gasteiger partial charge < -0.3 is 9.84 Å². The monoisotopic (exact) mass is 260 g/mol. The van der Waals surface area contributed by atoms with Crippen LogP contribution in [0.1, 0.15) is 15.9 Å². The van der Waals surface area contributed by atoms with Crippen LogP contribution in [0.4, 0.5) is 4.39 Å². The number of benzene rings is 2. The highest BCUT2D eigenvalue weighted by molar-refractivity contribution is 5.97. The second kappa shape index (κ2) is 5.10. The third kappa shape index (κ3) is 2.42. The first-order chi connectivity index (χ1) is 9.04. The summed E-state index contributed by atoms with van der Waals surface area (Å²) >= 11 is 0. The smallest absolute Gasteiger partial charge is 0.336 e. The van der Waals surface area contributed by atoms with Gasteiger partial charge in [0.25, 0.3) is 0 Å². The molecule has 2 aromatic rings. The van der Waals surface area contributed by atoms with Crippen LogP contribution in [0.15, 0.2) is 36.4 Å². The molecule has 0 amide bonds. The molecule has 0 aromatic heterocycles. The van der Waals surface area contributed by atoms with Crippen molar-refractivity contribution in [3.63, 3.8) is 0 Å². The molecule has 0 radical (unpaired) electrons. The minimum atomic E-state index is -1.07. The Morgan fingerprint density at radius 3 is 2.58 bits per heavy atom. The Kier molecular flexibility index (Phi) is 3.51. The number of hydrogen-bond donors (Lipinski definition) is 1. The van der Waals surface area contributed by atoms with Crippen LogP contribution in [0.3, 0.4) is 0 Å². The lowest BCUT2D eigenvalue weighted by atomic mass is 9.95. The molecular formula is C15H13FO3. The maximum atomic E-state index is 13.6. The van der Waals surface area contributed by atoms with Crippen molar-refractivity contribution in [3.8, 4) is 16.9 Å². The summed E-state index contributed by atoms with van der Waals surface area (Å²) in [7, 11) is 1.47. The summed E-state index contributed by atoms with van der Waals surface area (Å²) in [5, 5.41) is 9.26. The van der Waals surface area contributed by atoms with Gasteiger partial charge in [0.1, 0.15) is 11.6 Å². The van der Waals surface area contributed by atoms with Gasteiger partial charge in [-0.2, -0.15) is 0 Å². The van der Waals surface area contributed by atoms with Crippen LogP contribution in [0.2, 0.25) is 0 Å². The van der Waals surface area contributed by atoms with Gasteiger partial charge in [-0.15, -0.1) is 0 Å². The van der Waals surface area contributed by atoms with E-state index in [2.05, 4.69) is 0 Å².